The van der Waals surface area contributed by atoms with Gasteiger partial charge < -0.3 is 9.47 Å². The van der Waals surface area contributed by atoms with Gasteiger partial charge in [0.1, 0.15) is 5.60 Å². The van der Waals surface area contributed by atoms with Gasteiger partial charge in [-0.2, -0.15) is 0 Å². The van der Waals surface area contributed by atoms with E-state index in [0.29, 0.717) is 23.8 Å². The quantitative estimate of drug-likeness (QED) is 0.855. The van der Waals surface area contributed by atoms with Crippen molar-refractivity contribution in [3.63, 3.8) is 0 Å². The first-order valence-electron chi connectivity index (χ1n) is 6.54. The molecule has 0 saturated carbocycles. The number of carbonyl (C=O) groups is 1. The second kappa shape index (κ2) is 7.24. The second-order valence-electron chi connectivity index (χ2n) is 5.31. The van der Waals surface area contributed by atoms with Gasteiger partial charge in [0.2, 0.25) is 0 Å². The number of carbonyl (C=O) groups excluding carboxylic acids is 1. The molecule has 1 amide bonds. The smallest absolute Gasteiger partial charge is 0.412 e. The van der Waals surface area contributed by atoms with E-state index >= 15 is 0 Å². The molecule has 0 radical (unpaired) electrons. The predicted octanol–water partition coefficient (Wildman–Crippen LogP) is 3.94. The van der Waals surface area contributed by atoms with Gasteiger partial charge in [0.05, 0.1) is 6.61 Å². The van der Waals surface area contributed by atoms with Gasteiger partial charge in [-0.1, -0.05) is 12.1 Å². The Morgan fingerprint density at radius 3 is 2.65 bits per heavy atom. The maximum atomic E-state index is 11.7. The zero-order valence-corrected chi connectivity index (χ0v) is 13.2. The summed E-state index contributed by atoms with van der Waals surface area (Å²) in [6.45, 7) is 7.93. The van der Waals surface area contributed by atoms with E-state index in [1.807, 2.05) is 45.9 Å². The topological polar surface area (TPSA) is 47.6 Å². The Balaban J connectivity index is 2.64. The highest BCUT2D eigenvalue weighted by molar-refractivity contribution is 7.80. The van der Waals surface area contributed by atoms with E-state index in [1.54, 1.807) is 6.07 Å². The average molecular weight is 295 g/mol. The molecule has 1 aromatic rings. The van der Waals surface area contributed by atoms with Gasteiger partial charge in [-0.15, -0.1) is 0 Å². The number of thiocarbonyl (C=S) groups is 1. The van der Waals surface area contributed by atoms with Crippen molar-refractivity contribution < 1.29 is 14.3 Å². The number of ether oxygens (including phenoxy) is 2. The van der Waals surface area contributed by atoms with Gasteiger partial charge in [0, 0.05) is 12.1 Å². The Morgan fingerprint density at radius 1 is 1.35 bits per heavy atom. The van der Waals surface area contributed by atoms with E-state index in [1.165, 1.54) is 0 Å². The summed E-state index contributed by atoms with van der Waals surface area (Å²) in [4.78, 5) is 11.7. The SMILES string of the molecule is CCOC(=S)Cc1cccc(NC(=O)OC(C)(C)C)c1. The van der Waals surface area contributed by atoms with Gasteiger partial charge in [-0.25, -0.2) is 4.79 Å². The van der Waals surface area contributed by atoms with E-state index < -0.39 is 11.7 Å². The molecule has 110 valence electrons. The molecule has 0 heterocycles. The minimum absolute atomic E-state index is 0.470. The molecule has 0 spiro atoms. The monoisotopic (exact) mass is 295 g/mol. The summed E-state index contributed by atoms with van der Waals surface area (Å²) >= 11 is 5.10. The van der Waals surface area contributed by atoms with Gasteiger partial charge in [-0.05, 0) is 57.6 Å². The largest absolute Gasteiger partial charge is 0.487 e. The van der Waals surface area contributed by atoms with Crippen LogP contribution in [-0.2, 0) is 15.9 Å². The fraction of sp³-hybridized carbons (Fsp3) is 0.467. The molecule has 0 aliphatic rings. The van der Waals surface area contributed by atoms with E-state index in [4.69, 9.17) is 21.7 Å². The van der Waals surface area contributed by atoms with Crippen LogP contribution in [0.3, 0.4) is 0 Å². The summed E-state index contributed by atoms with van der Waals surface area (Å²) in [5, 5.41) is 3.24. The number of hydrogen-bond donors (Lipinski definition) is 1. The minimum atomic E-state index is -0.516. The van der Waals surface area contributed by atoms with Crippen LogP contribution in [0, 0.1) is 0 Å². The first kappa shape index (κ1) is 16.4. The number of anilines is 1. The van der Waals surface area contributed by atoms with Crippen molar-refractivity contribution in [3.05, 3.63) is 29.8 Å². The van der Waals surface area contributed by atoms with Crippen LogP contribution in [-0.4, -0.2) is 23.4 Å². The molecule has 0 aromatic heterocycles. The summed E-state index contributed by atoms with van der Waals surface area (Å²) in [6.07, 6.45) is 0.0783. The molecule has 4 nitrogen and oxygen atoms in total. The lowest BCUT2D eigenvalue weighted by Crippen LogP contribution is -2.27. The molecule has 1 rings (SSSR count). The zero-order valence-electron chi connectivity index (χ0n) is 12.4. The Kier molecular flexibility index (Phi) is 5.95. The maximum Gasteiger partial charge on any atom is 0.412 e. The third-order valence-electron chi connectivity index (χ3n) is 2.23. The lowest BCUT2D eigenvalue weighted by atomic mass is 10.1. The lowest BCUT2D eigenvalue weighted by molar-refractivity contribution is 0.0636. The van der Waals surface area contributed by atoms with Gasteiger partial charge in [0.15, 0.2) is 5.05 Å². The lowest BCUT2D eigenvalue weighted by Gasteiger charge is -2.19. The predicted molar refractivity (Wildman–Crippen MR) is 84.2 cm³/mol. The van der Waals surface area contributed by atoms with Gasteiger partial charge in [-0.3, -0.25) is 5.32 Å². The first-order chi connectivity index (χ1) is 9.30. The van der Waals surface area contributed by atoms with Crippen LogP contribution in [0.25, 0.3) is 0 Å². The van der Waals surface area contributed by atoms with E-state index in [9.17, 15) is 4.79 Å². The van der Waals surface area contributed by atoms with Crippen molar-refractivity contribution in [3.8, 4) is 0 Å². The fourth-order valence-corrected chi connectivity index (χ4v) is 1.84. The molecule has 1 aromatic carbocycles. The van der Waals surface area contributed by atoms with E-state index in [0.717, 1.165) is 5.56 Å². The Morgan fingerprint density at radius 2 is 2.05 bits per heavy atom. The molecular weight excluding hydrogens is 274 g/mol. The van der Waals surface area contributed by atoms with Crippen LogP contribution in [0.5, 0.6) is 0 Å². The van der Waals surface area contributed by atoms with Crippen LogP contribution in [0.1, 0.15) is 33.3 Å². The van der Waals surface area contributed by atoms with Crippen LogP contribution >= 0.6 is 12.2 Å². The molecule has 0 aliphatic heterocycles. The molecule has 0 atom stereocenters. The highest BCUT2D eigenvalue weighted by atomic mass is 32.1. The second-order valence-corrected chi connectivity index (χ2v) is 5.76. The summed E-state index contributed by atoms with van der Waals surface area (Å²) in [5.41, 5.74) is 1.14. The van der Waals surface area contributed by atoms with E-state index in [-0.39, 0.29) is 0 Å². The van der Waals surface area contributed by atoms with Crippen molar-refractivity contribution in [2.45, 2.75) is 39.7 Å². The molecule has 20 heavy (non-hydrogen) atoms. The van der Waals surface area contributed by atoms with Crippen molar-refractivity contribution in [2.75, 3.05) is 11.9 Å². The van der Waals surface area contributed by atoms with Crippen LogP contribution in [0.4, 0.5) is 10.5 Å². The summed E-state index contributed by atoms with van der Waals surface area (Å²) < 4.78 is 10.5. The zero-order chi connectivity index (χ0) is 15.2. The highest BCUT2D eigenvalue weighted by Crippen LogP contribution is 2.14. The van der Waals surface area contributed by atoms with Crippen LogP contribution in [0.2, 0.25) is 0 Å². The van der Waals surface area contributed by atoms with Gasteiger partial charge in [0.25, 0.3) is 0 Å². The standard InChI is InChI=1S/C15H21NO3S/c1-5-18-13(20)10-11-7-6-8-12(9-11)16-14(17)19-15(2,3)4/h6-9H,5,10H2,1-4H3,(H,16,17). The minimum Gasteiger partial charge on any atom is -0.487 e. The molecule has 0 unspecified atom stereocenters. The number of nitrogens with one attached hydrogen (secondary N) is 1. The molecule has 5 heteroatoms. The Bertz CT molecular complexity index is 480. The molecule has 0 bridgehead atoms. The maximum absolute atomic E-state index is 11.7. The van der Waals surface area contributed by atoms with E-state index in [2.05, 4.69) is 5.32 Å². The van der Waals surface area contributed by atoms with Crippen molar-refractivity contribution >= 4 is 29.0 Å². The summed E-state index contributed by atoms with van der Waals surface area (Å²) in [5.74, 6) is 0. The average Bonchev–Trinajstić information content (AvgIpc) is 2.26. The molecule has 0 fully saturated rings. The third-order valence-corrected chi connectivity index (χ3v) is 2.49. The fourth-order valence-electron chi connectivity index (χ4n) is 1.56. The van der Waals surface area contributed by atoms with Crippen molar-refractivity contribution in [1.82, 2.24) is 0 Å². The number of benzene rings is 1. The number of rotatable bonds is 4. The van der Waals surface area contributed by atoms with Gasteiger partial charge >= 0.3 is 6.09 Å². The Hall–Kier alpha value is -1.62. The molecular formula is C15H21NO3S. The first-order valence-corrected chi connectivity index (χ1v) is 6.95. The number of hydrogen-bond acceptors (Lipinski definition) is 4. The third kappa shape index (κ3) is 6.52. The normalized spacial score (nSPS) is 10.8. The highest BCUT2D eigenvalue weighted by Gasteiger charge is 2.16. The van der Waals surface area contributed by atoms with Crippen LogP contribution < -0.4 is 5.32 Å². The summed E-state index contributed by atoms with van der Waals surface area (Å²) in [6, 6.07) is 7.45. The number of amides is 1. The van der Waals surface area contributed by atoms with Crippen LogP contribution in [0.15, 0.2) is 24.3 Å². The molecule has 0 saturated heterocycles. The summed E-state index contributed by atoms with van der Waals surface area (Å²) in [7, 11) is 0. The Labute approximate surface area is 125 Å². The molecule has 0 aliphatic carbocycles. The van der Waals surface area contributed by atoms with Crippen molar-refractivity contribution in [2.24, 2.45) is 0 Å². The van der Waals surface area contributed by atoms with Crippen molar-refractivity contribution in [1.29, 1.82) is 0 Å². The molecule has 1 N–H and O–H groups in total.